The number of alkyl carbamates (subject to hydrolysis) is 1. The molecule has 0 heterocycles. The number of ether oxygens (including phenoxy) is 1. The molecule has 1 rings (SSSR count). The number of nitrogens with one attached hydrogen (secondary N) is 1. The summed E-state index contributed by atoms with van der Waals surface area (Å²) in [6, 6.07) is 6.43. The van der Waals surface area contributed by atoms with E-state index in [0.717, 1.165) is 4.90 Å². The largest absolute Gasteiger partial charge is 0.508 e. The number of phenols is 1. The smallest absolute Gasteiger partial charge is 0.413 e. The zero-order chi connectivity index (χ0) is 12.0. The molecule has 1 aromatic carbocycles. The van der Waals surface area contributed by atoms with Gasteiger partial charge in [0.05, 0.1) is 12.9 Å². The maximum Gasteiger partial charge on any atom is 0.413 e. The van der Waals surface area contributed by atoms with Crippen molar-refractivity contribution in [2.24, 2.45) is 0 Å². The molecule has 2 amide bonds. The van der Waals surface area contributed by atoms with E-state index in [1.807, 2.05) is 5.32 Å². The summed E-state index contributed by atoms with van der Waals surface area (Å²) in [5.74, 6) is -0.145. The lowest BCUT2D eigenvalue weighted by atomic mass is 10.3. The van der Waals surface area contributed by atoms with Crippen LogP contribution in [0.1, 0.15) is 0 Å². The number of carbonyl (C=O) groups is 2. The van der Waals surface area contributed by atoms with Gasteiger partial charge in [-0.3, -0.25) is 10.1 Å². The number of carbonyl (C=O) groups excluding carboxylic acids is 2. The first-order valence-electron chi connectivity index (χ1n) is 4.41. The highest BCUT2D eigenvalue weighted by Gasteiger charge is 2.07. The summed E-state index contributed by atoms with van der Waals surface area (Å²) in [4.78, 5) is 22.7. The van der Waals surface area contributed by atoms with Gasteiger partial charge in [0.1, 0.15) is 5.75 Å². The van der Waals surface area contributed by atoms with Gasteiger partial charge in [0, 0.05) is 4.90 Å². The number of hydrogen-bond donors (Lipinski definition) is 2. The first kappa shape index (κ1) is 12.4. The summed E-state index contributed by atoms with van der Waals surface area (Å²) in [6.45, 7) is 0. The van der Waals surface area contributed by atoms with Gasteiger partial charge in [-0.1, -0.05) is 0 Å². The lowest BCUT2D eigenvalue weighted by Gasteiger charge is -2.02. The van der Waals surface area contributed by atoms with Gasteiger partial charge in [-0.15, -0.1) is 11.8 Å². The van der Waals surface area contributed by atoms with Crippen molar-refractivity contribution in [3.63, 3.8) is 0 Å². The molecule has 16 heavy (non-hydrogen) atoms. The SMILES string of the molecule is COC(=O)NC(=O)CSc1ccc(O)cc1. The molecule has 0 unspecified atom stereocenters. The van der Waals surface area contributed by atoms with Crippen molar-refractivity contribution < 1.29 is 19.4 Å². The van der Waals surface area contributed by atoms with Crippen LogP contribution in [0.4, 0.5) is 4.79 Å². The van der Waals surface area contributed by atoms with Crippen molar-refractivity contribution in [3.05, 3.63) is 24.3 Å². The topological polar surface area (TPSA) is 75.6 Å². The van der Waals surface area contributed by atoms with Crippen LogP contribution in [0.2, 0.25) is 0 Å². The fourth-order valence-corrected chi connectivity index (χ4v) is 1.59. The second kappa shape index (κ2) is 6.02. The summed E-state index contributed by atoms with van der Waals surface area (Å²) in [5.41, 5.74) is 0. The Kier molecular flexibility index (Phi) is 4.65. The van der Waals surface area contributed by atoms with E-state index < -0.39 is 12.0 Å². The minimum atomic E-state index is -0.767. The highest BCUT2D eigenvalue weighted by atomic mass is 32.2. The average molecular weight is 241 g/mol. The molecule has 0 fully saturated rings. The molecule has 0 aromatic heterocycles. The zero-order valence-electron chi connectivity index (χ0n) is 8.60. The zero-order valence-corrected chi connectivity index (χ0v) is 9.41. The number of imide groups is 1. The van der Waals surface area contributed by atoms with E-state index >= 15 is 0 Å². The van der Waals surface area contributed by atoms with Crippen LogP contribution < -0.4 is 5.32 Å². The third-order valence-electron chi connectivity index (χ3n) is 1.63. The van der Waals surface area contributed by atoms with E-state index in [0.29, 0.717) is 0 Å². The van der Waals surface area contributed by atoms with Gasteiger partial charge in [0.25, 0.3) is 0 Å². The average Bonchev–Trinajstić information content (AvgIpc) is 2.28. The standard InChI is InChI=1S/C10H11NO4S/c1-15-10(14)11-9(13)6-16-8-4-2-7(12)3-5-8/h2-5,12H,6H2,1H3,(H,11,13,14). The Morgan fingerprint density at radius 3 is 2.56 bits per heavy atom. The molecule has 6 heteroatoms. The monoisotopic (exact) mass is 241 g/mol. The molecule has 5 nitrogen and oxygen atoms in total. The Balaban J connectivity index is 2.37. The molecular formula is C10H11NO4S. The number of methoxy groups -OCH3 is 1. The van der Waals surface area contributed by atoms with Crippen LogP contribution >= 0.6 is 11.8 Å². The highest BCUT2D eigenvalue weighted by Crippen LogP contribution is 2.20. The van der Waals surface area contributed by atoms with Gasteiger partial charge < -0.3 is 9.84 Å². The minimum absolute atomic E-state index is 0.111. The fourth-order valence-electron chi connectivity index (χ4n) is 0.892. The Labute approximate surface area is 96.8 Å². The Hall–Kier alpha value is -1.69. The number of hydrogen-bond acceptors (Lipinski definition) is 5. The number of amides is 2. The van der Waals surface area contributed by atoms with E-state index in [9.17, 15) is 9.59 Å². The summed E-state index contributed by atoms with van der Waals surface area (Å²) in [5, 5.41) is 11.1. The first-order chi connectivity index (χ1) is 7.61. The molecule has 2 N–H and O–H groups in total. The van der Waals surface area contributed by atoms with Gasteiger partial charge >= 0.3 is 6.09 Å². The molecule has 0 bridgehead atoms. The van der Waals surface area contributed by atoms with Gasteiger partial charge in [-0.05, 0) is 24.3 Å². The summed E-state index contributed by atoms with van der Waals surface area (Å²) in [7, 11) is 1.19. The van der Waals surface area contributed by atoms with Crippen LogP contribution in [0.15, 0.2) is 29.2 Å². The van der Waals surface area contributed by atoms with E-state index in [2.05, 4.69) is 4.74 Å². The number of phenolic OH excluding ortho intramolecular Hbond substituents is 1. The molecular weight excluding hydrogens is 230 g/mol. The van der Waals surface area contributed by atoms with Crippen molar-refractivity contribution in [2.45, 2.75) is 4.90 Å². The van der Waals surface area contributed by atoms with Gasteiger partial charge in [-0.2, -0.15) is 0 Å². The highest BCUT2D eigenvalue weighted by molar-refractivity contribution is 8.00. The van der Waals surface area contributed by atoms with Crippen LogP contribution in [0.5, 0.6) is 5.75 Å². The number of thioether (sulfide) groups is 1. The predicted octanol–water partition coefficient (Wildman–Crippen LogP) is 1.37. The lowest BCUT2D eigenvalue weighted by Crippen LogP contribution is -2.31. The van der Waals surface area contributed by atoms with E-state index in [4.69, 9.17) is 5.11 Å². The maximum atomic E-state index is 11.2. The molecule has 0 saturated carbocycles. The van der Waals surface area contributed by atoms with E-state index in [1.165, 1.54) is 31.0 Å². The first-order valence-corrected chi connectivity index (χ1v) is 5.40. The number of benzene rings is 1. The quantitative estimate of drug-likeness (QED) is 0.782. The summed E-state index contributed by atoms with van der Waals surface area (Å²) < 4.78 is 4.28. The van der Waals surface area contributed by atoms with Crippen LogP contribution in [0, 0.1) is 0 Å². The molecule has 0 aliphatic carbocycles. The Morgan fingerprint density at radius 1 is 1.38 bits per heavy atom. The van der Waals surface area contributed by atoms with Crippen LogP contribution in [0.25, 0.3) is 0 Å². The van der Waals surface area contributed by atoms with Gasteiger partial charge in [-0.25, -0.2) is 4.79 Å². The van der Waals surface area contributed by atoms with E-state index in [-0.39, 0.29) is 11.5 Å². The molecule has 0 saturated heterocycles. The molecule has 86 valence electrons. The number of rotatable bonds is 3. The van der Waals surface area contributed by atoms with Crippen molar-refractivity contribution in [1.29, 1.82) is 0 Å². The van der Waals surface area contributed by atoms with Gasteiger partial charge in [0.15, 0.2) is 0 Å². The Bertz CT molecular complexity index is 377. The van der Waals surface area contributed by atoms with Crippen molar-refractivity contribution in [3.8, 4) is 5.75 Å². The maximum absolute atomic E-state index is 11.2. The Morgan fingerprint density at radius 2 is 2.00 bits per heavy atom. The van der Waals surface area contributed by atoms with Crippen molar-refractivity contribution in [2.75, 3.05) is 12.9 Å². The second-order valence-corrected chi connectivity index (χ2v) is 3.87. The van der Waals surface area contributed by atoms with Crippen LogP contribution in [-0.4, -0.2) is 30.0 Å². The van der Waals surface area contributed by atoms with Gasteiger partial charge in [0.2, 0.25) is 5.91 Å². The lowest BCUT2D eigenvalue weighted by molar-refractivity contribution is -0.117. The molecule has 0 atom stereocenters. The normalized spacial score (nSPS) is 9.56. The number of aromatic hydroxyl groups is 1. The predicted molar refractivity (Wildman–Crippen MR) is 59.4 cm³/mol. The third-order valence-corrected chi connectivity index (χ3v) is 2.65. The molecule has 0 radical (unpaired) electrons. The van der Waals surface area contributed by atoms with Crippen LogP contribution in [-0.2, 0) is 9.53 Å². The third kappa shape index (κ3) is 4.22. The molecule has 1 aromatic rings. The minimum Gasteiger partial charge on any atom is -0.508 e. The summed E-state index contributed by atoms with van der Waals surface area (Å²) in [6.07, 6.45) is -0.767. The fraction of sp³-hybridized carbons (Fsp3) is 0.200. The second-order valence-electron chi connectivity index (χ2n) is 2.82. The van der Waals surface area contributed by atoms with Crippen molar-refractivity contribution in [1.82, 2.24) is 5.32 Å². The summed E-state index contributed by atoms with van der Waals surface area (Å²) >= 11 is 1.26. The van der Waals surface area contributed by atoms with E-state index in [1.54, 1.807) is 12.1 Å². The molecule has 0 aliphatic heterocycles. The molecule has 0 spiro atoms. The van der Waals surface area contributed by atoms with Crippen molar-refractivity contribution >= 4 is 23.8 Å². The van der Waals surface area contributed by atoms with Crippen LogP contribution in [0.3, 0.4) is 0 Å². The molecule has 0 aliphatic rings.